The summed E-state index contributed by atoms with van der Waals surface area (Å²) in [6.45, 7) is 7.92. The molecule has 128 valence electrons. The highest BCUT2D eigenvalue weighted by molar-refractivity contribution is 5.86. The molecule has 1 rings (SSSR count). The molecule has 1 aromatic rings. The van der Waals surface area contributed by atoms with Gasteiger partial charge in [-0.15, -0.1) is 10.2 Å². The van der Waals surface area contributed by atoms with Crippen molar-refractivity contribution in [2.24, 2.45) is 0 Å². The molecule has 8 heteroatoms. The Bertz CT molecular complexity index is 525. The molecule has 8 nitrogen and oxygen atoms in total. The molecule has 1 atom stereocenters. The molecule has 0 fully saturated rings. The number of esters is 1. The number of nitrogens with one attached hydrogen (secondary N) is 2. The first kappa shape index (κ1) is 18.7. The highest BCUT2D eigenvalue weighted by Gasteiger charge is 2.17. The fraction of sp³-hybridized carbons (Fsp3) is 0.600. The molecule has 0 aromatic carbocycles. The van der Waals surface area contributed by atoms with Gasteiger partial charge in [-0.2, -0.15) is 0 Å². The zero-order valence-corrected chi connectivity index (χ0v) is 14.2. The van der Waals surface area contributed by atoms with E-state index in [1.165, 1.54) is 13.2 Å². The number of nitrogens with zero attached hydrogens (tertiary/aromatic N) is 2. The molecule has 2 N–H and O–H groups in total. The van der Waals surface area contributed by atoms with E-state index in [1.807, 2.05) is 27.7 Å². The van der Waals surface area contributed by atoms with Gasteiger partial charge in [-0.25, -0.2) is 9.59 Å². The number of amides is 1. The van der Waals surface area contributed by atoms with E-state index in [4.69, 9.17) is 4.74 Å². The van der Waals surface area contributed by atoms with E-state index < -0.39 is 17.7 Å². The van der Waals surface area contributed by atoms with Crippen molar-refractivity contribution >= 4 is 17.9 Å². The molecule has 1 heterocycles. The average Bonchev–Trinajstić information content (AvgIpc) is 2.45. The summed E-state index contributed by atoms with van der Waals surface area (Å²) < 4.78 is 9.73. The summed E-state index contributed by atoms with van der Waals surface area (Å²) in [5.41, 5.74) is -0.364. The van der Waals surface area contributed by atoms with Crippen molar-refractivity contribution in [2.75, 3.05) is 19.0 Å². The Hall–Kier alpha value is -2.38. The van der Waals surface area contributed by atoms with Crippen molar-refractivity contribution in [1.29, 1.82) is 0 Å². The number of carbonyl (C=O) groups is 2. The van der Waals surface area contributed by atoms with Gasteiger partial charge in [0, 0.05) is 12.6 Å². The SMILES string of the molecule is COC(=O)c1ccc(NCCC(C)NC(=O)OC(C)(C)C)nn1. The average molecular weight is 324 g/mol. The molecule has 23 heavy (non-hydrogen) atoms. The Morgan fingerprint density at radius 2 is 1.96 bits per heavy atom. The van der Waals surface area contributed by atoms with Crippen molar-refractivity contribution in [3.8, 4) is 0 Å². The molecule has 0 aliphatic rings. The third kappa shape index (κ3) is 7.44. The molecule has 1 unspecified atom stereocenters. The zero-order valence-electron chi connectivity index (χ0n) is 14.2. The minimum absolute atomic E-state index is 0.0559. The van der Waals surface area contributed by atoms with Gasteiger partial charge < -0.3 is 20.1 Å². The summed E-state index contributed by atoms with van der Waals surface area (Å²) in [7, 11) is 1.29. The summed E-state index contributed by atoms with van der Waals surface area (Å²) in [6, 6.07) is 3.12. The summed E-state index contributed by atoms with van der Waals surface area (Å²) in [4.78, 5) is 22.8. The Labute approximate surface area is 136 Å². The van der Waals surface area contributed by atoms with E-state index in [0.717, 1.165) is 0 Å². The molecular formula is C15H24N4O4. The monoisotopic (exact) mass is 324 g/mol. The first-order chi connectivity index (χ1) is 10.7. The van der Waals surface area contributed by atoms with E-state index in [1.54, 1.807) is 6.07 Å². The van der Waals surface area contributed by atoms with Crippen LogP contribution in [0.2, 0.25) is 0 Å². The van der Waals surface area contributed by atoms with Crippen LogP contribution in [0.25, 0.3) is 0 Å². The zero-order chi connectivity index (χ0) is 17.5. The van der Waals surface area contributed by atoms with Gasteiger partial charge in [0.2, 0.25) is 0 Å². The lowest BCUT2D eigenvalue weighted by molar-refractivity contribution is 0.0506. The van der Waals surface area contributed by atoms with Gasteiger partial charge in [-0.1, -0.05) is 0 Å². The number of carbonyl (C=O) groups excluding carboxylic acids is 2. The molecule has 0 aliphatic carbocycles. The third-order valence-electron chi connectivity index (χ3n) is 2.71. The van der Waals surface area contributed by atoms with E-state index in [2.05, 4.69) is 25.6 Å². The normalized spacial score (nSPS) is 12.2. The van der Waals surface area contributed by atoms with Crippen molar-refractivity contribution < 1.29 is 19.1 Å². The van der Waals surface area contributed by atoms with Gasteiger partial charge in [0.1, 0.15) is 11.4 Å². The standard InChI is InChI=1S/C15H24N4O4/c1-10(17-14(21)23-15(2,3)4)8-9-16-12-7-6-11(18-19-12)13(20)22-5/h6-7,10H,8-9H2,1-5H3,(H,16,19)(H,17,21). The fourth-order valence-electron chi connectivity index (χ4n) is 1.64. The van der Waals surface area contributed by atoms with Gasteiger partial charge in [-0.05, 0) is 46.2 Å². The number of aromatic nitrogens is 2. The summed E-state index contributed by atoms with van der Waals surface area (Å²) >= 11 is 0. The van der Waals surface area contributed by atoms with E-state index in [0.29, 0.717) is 18.8 Å². The van der Waals surface area contributed by atoms with Crippen molar-refractivity contribution in [3.05, 3.63) is 17.8 Å². The predicted octanol–water partition coefficient (Wildman–Crippen LogP) is 1.98. The van der Waals surface area contributed by atoms with Crippen LogP contribution in [0.4, 0.5) is 10.6 Å². The third-order valence-corrected chi connectivity index (χ3v) is 2.71. The largest absolute Gasteiger partial charge is 0.464 e. The smallest absolute Gasteiger partial charge is 0.407 e. The van der Waals surface area contributed by atoms with Crippen LogP contribution >= 0.6 is 0 Å². The van der Waals surface area contributed by atoms with Gasteiger partial charge in [0.25, 0.3) is 0 Å². The quantitative estimate of drug-likeness (QED) is 0.771. The second-order valence-electron chi connectivity index (χ2n) is 6.06. The lowest BCUT2D eigenvalue weighted by Crippen LogP contribution is -2.38. The van der Waals surface area contributed by atoms with Crippen LogP contribution in [0.15, 0.2) is 12.1 Å². The van der Waals surface area contributed by atoms with Crippen LogP contribution in [0, 0.1) is 0 Å². The second kappa shape index (κ2) is 8.30. The van der Waals surface area contributed by atoms with Crippen molar-refractivity contribution in [2.45, 2.75) is 45.8 Å². The van der Waals surface area contributed by atoms with Gasteiger partial charge in [0.15, 0.2) is 5.69 Å². The van der Waals surface area contributed by atoms with Crippen molar-refractivity contribution in [1.82, 2.24) is 15.5 Å². The highest BCUT2D eigenvalue weighted by Crippen LogP contribution is 2.07. The van der Waals surface area contributed by atoms with Crippen molar-refractivity contribution in [3.63, 3.8) is 0 Å². The summed E-state index contributed by atoms with van der Waals surface area (Å²) in [5.74, 6) is 0.0151. The van der Waals surface area contributed by atoms with E-state index in [-0.39, 0.29) is 11.7 Å². The Balaban J connectivity index is 2.33. The number of ether oxygens (including phenoxy) is 2. The minimum Gasteiger partial charge on any atom is -0.464 e. The number of methoxy groups -OCH3 is 1. The first-order valence-corrected chi connectivity index (χ1v) is 7.36. The molecule has 0 spiro atoms. The Morgan fingerprint density at radius 1 is 1.26 bits per heavy atom. The topological polar surface area (TPSA) is 102 Å². The van der Waals surface area contributed by atoms with Crippen LogP contribution in [0.1, 0.15) is 44.6 Å². The van der Waals surface area contributed by atoms with Gasteiger partial charge in [-0.3, -0.25) is 0 Å². The molecule has 0 radical (unpaired) electrons. The Morgan fingerprint density at radius 3 is 2.48 bits per heavy atom. The molecule has 0 saturated carbocycles. The molecule has 0 saturated heterocycles. The van der Waals surface area contributed by atoms with Crippen LogP contribution in [-0.2, 0) is 9.47 Å². The van der Waals surface area contributed by atoms with Crippen LogP contribution in [0.5, 0.6) is 0 Å². The van der Waals surface area contributed by atoms with E-state index in [9.17, 15) is 9.59 Å². The Kier molecular flexibility index (Phi) is 6.74. The maximum atomic E-state index is 11.6. The summed E-state index contributed by atoms with van der Waals surface area (Å²) in [5, 5.41) is 13.5. The molecule has 1 aromatic heterocycles. The number of hydrogen-bond donors (Lipinski definition) is 2. The molecule has 0 bridgehead atoms. The number of anilines is 1. The number of alkyl carbamates (subject to hydrolysis) is 1. The summed E-state index contributed by atoms with van der Waals surface area (Å²) in [6.07, 6.45) is 0.242. The minimum atomic E-state index is -0.528. The van der Waals surface area contributed by atoms with Gasteiger partial charge >= 0.3 is 12.1 Å². The van der Waals surface area contributed by atoms with Crippen LogP contribution in [0.3, 0.4) is 0 Å². The molecule has 0 aliphatic heterocycles. The predicted molar refractivity (Wildman–Crippen MR) is 85.3 cm³/mol. The van der Waals surface area contributed by atoms with E-state index >= 15 is 0 Å². The first-order valence-electron chi connectivity index (χ1n) is 7.36. The maximum Gasteiger partial charge on any atom is 0.407 e. The second-order valence-corrected chi connectivity index (χ2v) is 6.06. The fourth-order valence-corrected chi connectivity index (χ4v) is 1.64. The lowest BCUT2D eigenvalue weighted by Gasteiger charge is -2.22. The highest BCUT2D eigenvalue weighted by atomic mass is 16.6. The number of rotatable bonds is 6. The number of hydrogen-bond acceptors (Lipinski definition) is 7. The maximum absolute atomic E-state index is 11.6. The van der Waals surface area contributed by atoms with Gasteiger partial charge in [0.05, 0.1) is 7.11 Å². The van der Waals surface area contributed by atoms with Crippen LogP contribution < -0.4 is 10.6 Å². The molecule has 1 amide bonds. The van der Waals surface area contributed by atoms with Crippen LogP contribution in [-0.4, -0.2) is 47.6 Å². The molecular weight excluding hydrogens is 300 g/mol. The lowest BCUT2D eigenvalue weighted by atomic mass is 10.2.